The van der Waals surface area contributed by atoms with Crippen molar-refractivity contribution in [2.45, 2.75) is 44.7 Å². The van der Waals surface area contributed by atoms with Crippen LogP contribution in [0.25, 0.3) is 0 Å². The molecule has 126 valence electrons. The minimum Gasteiger partial charge on any atom is -0.325 e. The maximum absolute atomic E-state index is 12.5. The molecule has 1 aromatic carbocycles. The maximum Gasteiger partial charge on any atom is 0.241 e. The van der Waals surface area contributed by atoms with E-state index in [-0.39, 0.29) is 11.9 Å². The molecule has 5 heteroatoms. The van der Waals surface area contributed by atoms with Gasteiger partial charge in [-0.1, -0.05) is 30.5 Å². The molecule has 1 amide bonds. The van der Waals surface area contributed by atoms with E-state index in [1.165, 1.54) is 25.7 Å². The monoisotopic (exact) mass is 335 g/mol. The van der Waals surface area contributed by atoms with Crippen LogP contribution >= 0.6 is 11.6 Å². The molecule has 2 fully saturated rings. The van der Waals surface area contributed by atoms with Crippen molar-refractivity contribution in [3.63, 3.8) is 0 Å². The average molecular weight is 336 g/mol. The van der Waals surface area contributed by atoms with E-state index in [2.05, 4.69) is 15.1 Å². The lowest BCUT2D eigenvalue weighted by atomic mass is 10.1. The van der Waals surface area contributed by atoms with Crippen molar-refractivity contribution in [2.24, 2.45) is 0 Å². The number of anilines is 1. The molecule has 1 heterocycles. The molecule has 1 aromatic rings. The first-order valence-corrected chi connectivity index (χ1v) is 9.06. The van der Waals surface area contributed by atoms with E-state index in [1.54, 1.807) is 6.07 Å². The zero-order valence-electron chi connectivity index (χ0n) is 13.8. The van der Waals surface area contributed by atoms with Gasteiger partial charge in [0.1, 0.15) is 0 Å². The molecule has 3 rings (SSSR count). The molecule has 23 heavy (non-hydrogen) atoms. The van der Waals surface area contributed by atoms with E-state index < -0.39 is 0 Å². The SMILES string of the molecule is CC(C(=O)Nc1cccc(Cl)c1)N1CCN(C2CCCC2)CC1. The molecule has 1 aliphatic heterocycles. The van der Waals surface area contributed by atoms with Gasteiger partial charge in [-0.3, -0.25) is 14.6 Å². The van der Waals surface area contributed by atoms with Gasteiger partial charge >= 0.3 is 0 Å². The summed E-state index contributed by atoms with van der Waals surface area (Å²) in [6.45, 7) is 6.10. The second-order valence-corrected chi connectivity index (χ2v) is 7.12. The fourth-order valence-corrected chi connectivity index (χ4v) is 3.93. The van der Waals surface area contributed by atoms with Crippen LogP contribution in [0.2, 0.25) is 5.02 Å². The largest absolute Gasteiger partial charge is 0.325 e. The van der Waals surface area contributed by atoms with E-state index >= 15 is 0 Å². The molecule has 0 aromatic heterocycles. The van der Waals surface area contributed by atoms with Gasteiger partial charge in [-0.2, -0.15) is 0 Å². The molecule has 1 saturated heterocycles. The summed E-state index contributed by atoms with van der Waals surface area (Å²) in [5.41, 5.74) is 0.763. The number of hydrogen-bond donors (Lipinski definition) is 1. The standard InChI is InChI=1S/C18H26ClN3O/c1-14(18(23)20-16-6-4-5-15(19)13-16)21-9-11-22(12-10-21)17-7-2-3-8-17/h4-6,13-14,17H,2-3,7-12H2,1H3,(H,20,23). The summed E-state index contributed by atoms with van der Waals surface area (Å²) in [5, 5.41) is 3.61. The van der Waals surface area contributed by atoms with E-state index in [1.807, 2.05) is 25.1 Å². The van der Waals surface area contributed by atoms with Crippen molar-refractivity contribution >= 4 is 23.2 Å². The fraction of sp³-hybridized carbons (Fsp3) is 0.611. The number of amides is 1. The Morgan fingerprint density at radius 1 is 1.22 bits per heavy atom. The minimum absolute atomic E-state index is 0.0431. The Balaban J connectivity index is 1.50. The molecule has 1 N–H and O–H groups in total. The van der Waals surface area contributed by atoms with E-state index in [0.29, 0.717) is 5.02 Å². The Morgan fingerprint density at radius 2 is 1.91 bits per heavy atom. The van der Waals surface area contributed by atoms with Gasteiger partial charge in [-0.25, -0.2) is 0 Å². The highest BCUT2D eigenvalue weighted by atomic mass is 35.5. The molecule has 1 atom stereocenters. The first kappa shape index (κ1) is 16.7. The van der Waals surface area contributed by atoms with Gasteiger partial charge in [-0.15, -0.1) is 0 Å². The number of nitrogens with zero attached hydrogens (tertiary/aromatic N) is 2. The number of carbonyl (C=O) groups excluding carboxylic acids is 1. The Bertz CT molecular complexity index is 537. The van der Waals surface area contributed by atoms with Crippen LogP contribution in [0.5, 0.6) is 0 Å². The highest BCUT2D eigenvalue weighted by Gasteiger charge is 2.29. The topological polar surface area (TPSA) is 35.6 Å². The molecule has 4 nitrogen and oxygen atoms in total. The van der Waals surface area contributed by atoms with E-state index in [4.69, 9.17) is 11.6 Å². The first-order valence-electron chi connectivity index (χ1n) is 8.68. The summed E-state index contributed by atoms with van der Waals surface area (Å²) < 4.78 is 0. The summed E-state index contributed by atoms with van der Waals surface area (Å²) in [5.74, 6) is 0.0431. The Hall–Kier alpha value is -1.10. The predicted molar refractivity (Wildman–Crippen MR) is 94.9 cm³/mol. The summed E-state index contributed by atoms with van der Waals surface area (Å²) in [6, 6.07) is 7.98. The van der Waals surface area contributed by atoms with Crippen LogP contribution in [0, 0.1) is 0 Å². The highest BCUT2D eigenvalue weighted by molar-refractivity contribution is 6.30. The van der Waals surface area contributed by atoms with Gasteiger partial charge in [0.15, 0.2) is 0 Å². The second kappa shape index (κ2) is 7.65. The third-order valence-corrected chi connectivity index (χ3v) is 5.44. The number of carbonyl (C=O) groups is 1. The van der Waals surface area contributed by atoms with E-state index in [9.17, 15) is 4.79 Å². The second-order valence-electron chi connectivity index (χ2n) is 6.69. The number of hydrogen-bond acceptors (Lipinski definition) is 3. The van der Waals surface area contributed by atoms with Gasteiger partial charge in [0.25, 0.3) is 0 Å². The third kappa shape index (κ3) is 4.25. The highest BCUT2D eigenvalue weighted by Crippen LogP contribution is 2.24. The van der Waals surface area contributed by atoms with Gasteiger partial charge in [-0.05, 0) is 38.0 Å². The van der Waals surface area contributed by atoms with Crippen LogP contribution < -0.4 is 5.32 Å². The van der Waals surface area contributed by atoms with Crippen LogP contribution in [-0.4, -0.2) is 54.0 Å². The summed E-state index contributed by atoms with van der Waals surface area (Å²) >= 11 is 5.97. The quantitative estimate of drug-likeness (QED) is 0.917. The van der Waals surface area contributed by atoms with Crippen LogP contribution in [0.3, 0.4) is 0 Å². The van der Waals surface area contributed by atoms with Gasteiger partial charge < -0.3 is 5.32 Å². The summed E-state index contributed by atoms with van der Waals surface area (Å²) in [4.78, 5) is 17.4. The molecule has 2 aliphatic rings. The number of benzene rings is 1. The fourth-order valence-electron chi connectivity index (χ4n) is 3.74. The Kier molecular flexibility index (Phi) is 5.57. The molecule has 0 spiro atoms. The first-order chi connectivity index (χ1) is 11.1. The van der Waals surface area contributed by atoms with Gasteiger partial charge in [0.2, 0.25) is 5.91 Å². The molecule has 0 radical (unpaired) electrons. The van der Waals surface area contributed by atoms with Crippen molar-refractivity contribution in [1.82, 2.24) is 9.80 Å². The summed E-state index contributed by atoms with van der Waals surface area (Å²) in [6.07, 6.45) is 5.46. The average Bonchev–Trinajstić information content (AvgIpc) is 3.09. The lowest BCUT2D eigenvalue weighted by molar-refractivity contribution is -0.121. The van der Waals surface area contributed by atoms with Crippen LogP contribution in [0.4, 0.5) is 5.69 Å². The molecular weight excluding hydrogens is 310 g/mol. The van der Waals surface area contributed by atoms with Gasteiger partial charge in [0.05, 0.1) is 6.04 Å². The van der Waals surface area contributed by atoms with E-state index in [0.717, 1.165) is 37.9 Å². The molecule has 1 saturated carbocycles. The predicted octanol–water partition coefficient (Wildman–Crippen LogP) is 3.23. The normalized spacial score (nSPS) is 22.2. The van der Waals surface area contributed by atoms with Gasteiger partial charge in [0, 0.05) is 42.9 Å². The molecule has 1 aliphatic carbocycles. The smallest absolute Gasteiger partial charge is 0.241 e. The lowest BCUT2D eigenvalue weighted by Gasteiger charge is -2.40. The van der Waals surface area contributed by atoms with Crippen molar-refractivity contribution in [3.05, 3.63) is 29.3 Å². The molecular formula is C18H26ClN3O. The van der Waals surface area contributed by atoms with Crippen LogP contribution in [0.1, 0.15) is 32.6 Å². The molecule has 0 bridgehead atoms. The zero-order chi connectivity index (χ0) is 16.2. The Morgan fingerprint density at radius 3 is 2.57 bits per heavy atom. The van der Waals surface area contributed by atoms with Crippen molar-refractivity contribution in [2.75, 3.05) is 31.5 Å². The van der Waals surface area contributed by atoms with Crippen molar-refractivity contribution in [1.29, 1.82) is 0 Å². The molecule has 1 unspecified atom stereocenters. The third-order valence-electron chi connectivity index (χ3n) is 5.21. The number of halogens is 1. The minimum atomic E-state index is -0.111. The maximum atomic E-state index is 12.5. The van der Waals surface area contributed by atoms with Crippen molar-refractivity contribution < 1.29 is 4.79 Å². The summed E-state index contributed by atoms with van der Waals surface area (Å²) in [7, 11) is 0. The van der Waals surface area contributed by atoms with Crippen LogP contribution in [-0.2, 0) is 4.79 Å². The van der Waals surface area contributed by atoms with Crippen LogP contribution in [0.15, 0.2) is 24.3 Å². The zero-order valence-corrected chi connectivity index (χ0v) is 14.6. The number of rotatable bonds is 4. The van der Waals surface area contributed by atoms with Crippen molar-refractivity contribution in [3.8, 4) is 0 Å². The number of nitrogens with one attached hydrogen (secondary N) is 1. The number of piperazine rings is 1. The lowest BCUT2D eigenvalue weighted by Crippen LogP contribution is -2.54. The Labute approximate surface area is 143 Å².